The van der Waals surface area contributed by atoms with Gasteiger partial charge in [-0.15, -0.1) is 11.8 Å². The zero-order chi connectivity index (χ0) is 34.8. The molecule has 4 bridgehead atoms. The second-order valence-corrected chi connectivity index (χ2v) is 15.6. The molecule has 2 aromatic heterocycles. The SMILES string of the molecule is N#Cc1cc(-c2cnc(N)c(OCc3ccncc3)n2)ccc1SCCCNC(=O)CCCCCCCC(=O)NC12CC3CC(CC(C3)C1)C2. The van der Waals surface area contributed by atoms with Crippen molar-refractivity contribution in [3.05, 3.63) is 60.0 Å². The molecule has 10 nitrogen and oxygen atoms in total. The highest BCUT2D eigenvalue weighted by atomic mass is 32.2. The first-order valence-corrected chi connectivity index (χ1v) is 19.3. The van der Waals surface area contributed by atoms with Gasteiger partial charge in [0.2, 0.25) is 11.8 Å². The van der Waals surface area contributed by atoms with Crippen LogP contribution in [-0.2, 0) is 16.2 Å². The highest BCUT2D eigenvalue weighted by molar-refractivity contribution is 7.99. The minimum absolute atomic E-state index is 0.0840. The van der Waals surface area contributed by atoms with Gasteiger partial charge in [0.25, 0.3) is 5.88 Å². The van der Waals surface area contributed by atoms with Crippen molar-refractivity contribution in [3.8, 4) is 23.2 Å². The number of amides is 2. The second kappa shape index (κ2) is 17.2. The average molecular weight is 696 g/mol. The molecule has 264 valence electrons. The molecule has 0 aliphatic heterocycles. The summed E-state index contributed by atoms with van der Waals surface area (Å²) < 4.78 is 5.80. The van der Waals surface area contributed by atoms with E-state index in [4.69, 9.17) is 10.5 Å². The van der Waals surface area contributed by atoms with Gasteiger partial charge in [-0.25, -0.2) is 9.97 Å². The molecule has 50 heavy (non-hydrogen) atoms. The average Bonchev–Trinajstić information content (AvgIpc) is 3.10. The zero-order valence-electron chi connectivity index (χ0n) is 28.9. The fourth-order valence-electron chi connectivity index (χ4n) is 8.45. The third-order valence-electron chi connectivity index (χ3n) is 10.4. The van der Waals surface area contributed by atoms with Gasteiger partial charge in [-0.05, 0) is 111 Å². The Balaban J connectivity index is 0.823. The lowest BCUT2D eigenvalue weighted by Gasteiger charge is -2.56. The number of hydrogen-bond donors (Lipinski definition) is 3. The van der Waals surface area contributed by atoms with Crippen LogP contribution >= 0.6 is 11.8 Å². The summed E-state index contributed by atoms with van der Waals surface area (Å²) in [4.78, 5) is 38.7. The van der Waals surface area contributed by atoms with Gasteiger partial charge in [0, 0.05) is 47.8 Å². The van der Waals surface area contributed by atoms with Crippen LogP contribution in [0.5, 0.6) is 5.88 Å². The summed E-state index contributed by atoms with van der Waals surface area (Å²) in [5, 5.41) is 16.3. The maximum Gasteiger partial charge on any atom is 0.258 e. The smallest absolute Gasteiger partial charge is 0.258 e. The molecule has 2 heterocycles. The third-order valence-corrected chi connectivity index (χ3v) is 11.6. The number of rotatable bonds is 18. The van der Waals surface area contributed by atoms with E-state index in [1.807, 2.05) is 24.3 Å². The number of carbonyl (C=O) groups is 2. The Kier molecular flexibility index (Phi) is 12.2. The quantitative estimate of drug-likeness (QED) is 0.0943. The molecule has 0 atom stereocenters. The molecule has 3 aromatic rings. The summed E-state index contributed by atoms with van der Waals surface area (Å²) in [5.41, 5.74) is 8.91. The largest absolute Gasteiger partial charge is 0.470 e. The van der Waals surface area contributed by atoms with Gasteiger partial charge in [-0.1, -0.05) is 25.3 Å². The first kappa shape index (κ1) is 35.6. The molecule has 0 saturated heterocycles. The van der Waals surface area contributed by atoms with E-state index < -0.39 is 0 Å². The predicted molar refractivity (Wildman–Crippen MR) is 195 cm³/mol. The van der Waals surface area contributed by atoms with Gasteiger partial charge in [0.1, 0.15) is 12.7 Å². The molecule has 0 radical (unpaired) electrons. The summed E-state index contributed by atoms with van der Waals surface area (Å²) in [6, 6.07) is 11.6. The Morgan fingerprint density at radius 3 is 2.32 bits per heavy atom. The number of aromatic nitrogens is 3. The Hall–Kier alpha value is -4.17. The first-order chi connectivity index (χ1) is 24.4. The number of benzene rings is 1. The molecular formula is C39H49N7O3S. The molecule has 7 rings (SSSR count). The number of pyridine rings is 1. The molecule has 4 aliphatic carbocycles. The van der Waals surface area contributed by atoms with Crippen molar-refractivity contribution < 1.29 is 14.3 Å². The van der Waals surface area contributed by atoms with Gasteiger partial charge in [-0.3, -0.25) is 14.6 Å². The topological polar surface area (TPSA) is 156 Å². The number of nitriles is 1. The number of nitrogens with one attached hydrogen (secondary N) is 2. The number of nitrogens with two attached hydrogens (primary N) is 1. The Morgan fingerprint density at radius 2 is 1.62 bits per heavy atom. The summed E-state index contributed by atoms with van der Waals surface area (Å²) in [6.45, 7) is 0.891. The number of carbonyl (C=O) groups excluding carboxylic acids is 2. The van der Waals surface area contributed by atoms with Crippen molar-refractivity contribution in [2.24, 2.45) is 17.8 Å². The summed E-state index contributed by atoms with van der Waals surface area (Å²) >= 11 is 1.60. The van der Waals surface area contributed by atoms with Crippen LogP contribution < -0.4 is 21.1 Å². The van der Waals surface area contributed by atoms with Crippen molar-refractivity contribution in [1.29, 1.82) is 5.26 Å². The first-order valence-electron chi connectivity index (χ1n) is 18.3. The number of nitrogens with zero attached hydrogens (tertiary/aromatic N) is 4. The normalized spacial score (nSPS) is 21.8. The minimum atomic E-state index is 0.0840. The number of ether oxygens (including phenoxy) is 1. The van der Waals surface area contributed by atoms with Crippen LogP contribution in [0.4, 0.5) is 5.82 Å². The number of nitrogen functional groups attached to an aromatic ring is 1. The van der Waals surface area contributed by atoms with E-state index in [0.717, 1.165) is 78.1 Å². The van der Waals surface area contributed by atoms with Crippen molar-refractivity contribution >= 4 is 29.4 Å². The van der Waals surface area contributed by atoms with Crippen LogP contribution in [-0.4, -0.2) is 44.6 Å². The van der Waals surface area contributed by atoms with Crippen LogP contribution in [0.15, 0.2) is 53.8 Å². The summed E-state index contributed by atoms with van der Waals surface area (Å²) in [6.07, 6.45) is 19.6. The standard InChI is InChI=1S/C39H49N7O3S/c40-24-32-20-31(33-25-44-37(41)38(45-33)49-26-27-11-14-42-15-12-27)9-10-34(32)50-16-6-13-43-35(47)7-4-2-1-3-5-8-36(48)46-39-21-28-17-29(22-39)19-30(18-28)23-39/h9-12,14-15,20,25,28-30H,1-8,13,16-19,21-23,26H2,(H2,41,44)(H,43,47)(H,46,48). The monoisotopic (exact) mass is 695 g/mol. The molecule has 11 heteroatoms. The Morgan fingerprint density at radius 1 is 0.940 bits per heavy atom. The molecule has 1 aromatic carbocycles. The third kappa shape index (κ3) is 9.75. The van der Waals surface area contributed by atoms with Gasteiger partial charge < -0.3 is 21.1 Å². The number of thioether (sulfide) groups is 1. The van der Waals surface area contributed by atoms with E-state index >= 15 is 0 Å². The van der Waals surface area contributed by atoms with Crippen molar-refractivity contribution in [3.63, 3.8) is 0 Å². The fourth-order valence-corrected chi connectivity index (χ4v) is 9.39. The lowest BCUT2D eigenvalue weighted by molar-refractivity contribution is -0.127. The second-order valence-electron chi connectivity index (χ2n) is 14.5. The van der Waals surface area contributed by atoms with Crippen LogP contribution in [0.3, 0.4) is 0 Å². The maximum absolute atomic E-state index is 12.7. The Labute approximate surface area is 299 Å². The van der Waals surface area contributed by atoms with Crippen molar-refractivity contribution in [1.82, 2.24) is 25.6 Å². The molecule has 4 N–H and O–H groups in total. The van der Waals surface area contributed by atoms with Crippen molar-refractivity contribution in [2.45, 2.75) is 107 Å². The van der Waals surface area contributed by atoms with Gasteiger partial charge in [0.15, 0.2) is 5.82 Å². The number of unbranched alkanes of at least 4 members (excludes halogenated alkanes) is 4. The van der Waals surface area contributed by atoms with E-state index in [2.05, 4.69) is 31.7 Å². The van der Waals surface area contributed by atoms with Gasteiger partial charge in [0.05, 0.1) is 17.5 Å². The highest BCUT2D eigenvalue weighted by Crippen LogP contribution is 2.55. The molecule has 0 spiro atoms. The minimum Gasteiger partial charge on any atom is -0.470 e. The van der Waals surface area contributed by atoms with E-state index in [1.54, 1.807) is 36.4 Å². The molecule has 2 amide bonds. The van der Waals surface area contributed by atoms with E-state index in [0.29, 0.717) is 30.6 Å². The fraction of sp³-hybridized carbons (Fsp3) is 0.538. The lowest BCUT2D eigenvalue weighted by atomic mass is 9.53. The highest BCUT2D eigenvalue weighted by Gasteiger charge is 2.51. The maximum atomic E-state index is 12.7. The number of hydrogen-bond acceptors (Lipinski definition) is 9. The van der Waals surface area contributed by atoms with E-state index in [-0.39, 0.29) is 35.7 Å². The van der Waals surface area contributed by atoms with Crippen molar-refractivity contribution in [2.75, 3.05) is 18.0 Å². The van der Waals surface area contributed by atoms with Crippen LogP contribution in [0.25, 0.3) is 11.3 Å². The summed E-state index contributed by atoms with van der Waals surface area (Å²) in [5.74, 6) is 4.08. The Bertz CT molecular complexity index is 1630. The molecular weight excluding hydrogens is 647 g/mol. The predicted octanol–water partition coefficient (Wildman–Crippen LogP) is 6.99. The summed E-state index contributed by atoms with van der Waals surface area (Å²) in [7, 11) is 0. The van der Waals surface area contributed by atoms with Crippen LogP contribution in [0.1, 0.15) is 101 Å². The molecule has 4 fully saturated rings. The van der Waals surface area contributed by atoms with E-state index in [1.165, 1.54) is 38.5 Å². The molecule has 4 saturated carbocycles. The van der Waals surface area contributed by atoms with E-state index in [9.17, 15) is 14.9 Å². The molecule has 0 unspecified atom stereocenters. The molecule has 4 aliphatic rings. The van der Waals surface area contributed by atoms with Gasteiger partial charge in [-0.2, -0.15) is 5.26 Å². The lowest BCUT2D eigenvalue weighted by Crippen LogP contribution is -2.59. The van der Waals surface area contributed by atoms with Crippen LogP contribution in [0, 0.1) is 29.1 Å². The van der Waals surface area contributed by atoms with Gasteiger partial charge >= 0.3 is 0 Å². The van der Waals surface area contributed by atoms with Crippen LogP contribution in [0.2, 0.25) is 0 Å². The zero-order valence-corrected chi connectivity index (χ0v) is 29.7. The number of anilines is 1.